The molecule has 0 aliphatic carbocycles. The molecule has 110 valence electrons. The number of aliphatic hydroxyl groups excluding tert-OH is 1. The predicted molar refractivity (Wildman–Crippen MR) is 83.9 cm³/mol. The van der Waals surface area contributed by atoms with Crippen molar-refractivity contribution in [3.05, 3.63) is 34.3 Å². The second-order valence-corrected chi connectivity index (χ2v) is 6.52. The molecule has 0 spiro atoms. The van der Waals surface area contributed by atoms with E-state index in [1.54, 1.807) is 0 Å². The quantitative estimate of drug-likeness (QED) is 0.838. The zero-order valence-electron chi connectivity index (χ0n) is 11.9. The number of aliphatic hydroxyl groups is 1. The van der Waals surface area contributed by atoms with E-state index in [0.717, 1.165) is 42.5 Å². The Kier molecular flexibility index (Phi) is 5.75. The monoisotopic (exact) mass is 339 g/mol. The number of ketones is 1. The molecule has 0 saturated carbocycles. The number of nitrogens with zero attached hydrogens (tertiary/aromatic N) is 1. The number of halogens is 1. The fourth-order valence-corrected chi connectivity index (χ4v) is 3.12. The highest BCUT2D eigenvalue weighted by atomic mass is 79.9. The Balaban J connectivity index is 1.77. The summed E-state index contributed by atoms with van der Waals surface area (Å²) in [6.07, 6.45) is 2.42. The maximum absolute atomic E-state index is 12.1. The molecule has 0 amide bonds. The topological polar surface area (TPSA) is 40.5 Å². The van der Waals surface area contributed by atoms with Crippen molar-refractivity contribution in [2.24, 2.45) is 5.92 Å². The van der Waals surface area contributed by atoms with Gasteiger partial charge in [0, 0.05) is 23.0 Å². The number of likely N-dealkylation sites (tertiary alicyclic amines) is 1. The number of carbonyl (C=O) groups is 1. The summed E-state index contributed by atoms with van der Waals surface area (Å²) < 4.78 is 0.945. The Hall–Kier alpha value is -0.710. The average molecular weight is 340 g/mol. The van der Waals surface area contributed by atoms with E-state index in [1.807, 2.05) is 31.2 Å². The molecule has 3 nitrogen and oxygen atoms in total. The fourth-order valence-electron chi connectivity index (χ4n) is 2.72. The molecular formula is C16H22BrNO2. The molecule has 1 unspecified atom stereocenters. The molecule has 0 bridgehead atoms. The zero-order valence-corrected chi connectivity index (χ0v) is 13.5. The van der Waals surface area contributed by atoms with Crippen LogP contribution in [0, 0.1) is 5.92 Å². The van der Waals surface area contributed by atoms with Gasteiger partial charge in [-0.25, -0.2) is 0 Å². The third-order valence-corrected chi connectivity index (χ3v) is 4.61. The minimum absolute atomic E-state index is 0.198. The Morgan fingerprint density at radius 2 is 2.15 bits per heavy atom. The van der Waals surface area contributed by atoms with Crippen LogP contribution in [0.4, 0.5) is 0 Å². The summed E-state index contributed by atoms with van der Waals surface area (Å²) >= 11 is 3.39. The summed E-state index contributed by atoms with van der Waals surface area (Å²) in [5, 5.41) is 9.58. The third kappa shape index (κ3) is 4.40. The lowest BCUT2D eigenvalue weighted by atomic mass is 9.92. The van der Waals surface area contributed by atoms with Gasteiger partial charge in [-0.2, -0.15) is 0 Å². The van der Waals surface area contributed by atoms with Gasteiger partial charge in [-0.15, -0.1) is 0 Å². The van der Waals surface area contributed by atoms with Crippen LogP contribution >= 0.6 is 15.9 Å². The number of piperidine rings is 1. The maximum atomic E-state index is 12.1. The van der Waals surface area contributed by atoms with Gasteiger partial charge in [0.05, 0.1) is 6.10 Å². The molecule has 20 heavy (non-hydrogen) atoms. The van der Waals surface area contributed by atoms with Crippen LogP contribution in [0.25, 0.3) is 0 Å². The molecule has 0 radical (unpaired) electrons. The minimum atomic E-state index is -0.208. The van der Waals surface area contributed by atoms with E-state index in [0.29, 0.717) is 12.3 Å². The van der Waals surface area contributed by atoms with Crippen LogP contribution < -0.4 is 0 Å². The Morgan fingerprint density at radius 3 is 2.75 bits per heavy atom. The number of hydrogen-bond acceptors (Lipinski definition) is 3. The minimum Gasteiger partial charge on any atom is -0.393 e. The van der Waals surface area contributed by atoms with Crippen molar-refractivity contribution in [1.82, 2.24) is 4.90 Å². The number of Topliss-reactive ketones (excluding diaryl/α,β-unsaturated/α-hetero) is 1. The van der Waals surface area contributed by atoms with Gasteiger partial charge in [-0.3, -0.25) is 4.79 Å². The van der Waals surface area contributed by atoms with E-state index in [1.165, 1.54) is 0 Å². The highest BCUT2D eigenvalue weighted by Gasteiger charge is 2.22. The van der Waals surface area contributed by atoms with E-state index in [4.69, 9.17) is 0 Å². The van der Waals surface area contributed by atoms with Crippen molar-refractivity contribution in [1.29, 1.82) is 0 Å². The number of benzene rings is 1. The molecule has 0 aromatic heterocycles. The van der Waals surface area contributed by atoms with Crippen LogP contribution in [0.2, 0.25) is 0 Å². The van der Waals surface area contributed by atoms with E-state index >= 15 is 0 Å². The molecule has 1 atom stereocenters. The van der Waals surface area contributed by atoms with Gasteiger partial charge in [0.25, 0.3) is 0 Å². The van der Waals surface area contributed by atoms with E-state index in [9.17, 15) is 9.90 Å². The first-order valence-electron chi connectivity index (χ1n) is 7.25. The van der Waals surface area contributed by atoms with Crippen molar-refractivity contribution < 1.29 is 9.90 Å². The van der Waals surface area contributed by atoms with Gasteiger partial charge in [-0.05, 0) is 50.9 Å². The molecule has 1 saturated heterocycles. The van der Waals surface area contributed by atoms with E-state index < -0.39 is 0 Å². The van der Waals surface area contributed by atoms with Crippen molar-refractivity contribution in [3.8, 4) is 0 Å². The first kappa shape index (κ1) is 15.7. The lowest BCUT2D eigenvalue weighted by Crippen LogP contribution is -2.38. The third-order valence-electron chi connectivity index (χ3n) is 4.12. The number of carbonyl (C=O) groups excluding carboxylic acids is 1. The second-order valence-electron chi connectivity index (χ2n) is 5.60. The molecule has 1 heterocycles. The van der Waals surface area contributed by atoms with Crippen LogP contribution in [0.5, 0.6) is 0 Å². The van der Waals surface area contributed by atoms with Gasteiger partial charge >= 0.3 is 0 Å². The first-order chi connectivity index (χ1) is 9.56. The lowest BCUT2D eigenvalue weighted by molar-refractivity contribution is 0.0693. The molecule has 1 aromatic carbocycles. The number of hydrogen-bond donors (Lipinski definition) is 1. The van der Waals surface area contributed by atoms with Crippen LogP contribution in [0.1, 0.15) is 36.5 Å². The summed E-state index contributed by atoms with van der Waals surface area (Å²) in [4.78, 5) is 14.5. The van der Waals surface area contributed by atoms with Gasteiger partial charge in [0.15, 0.2) is 5.78 Å². The normalized spacial score (nSPS) is 18.9. The average Bonchev–Trinajstić information content (AvgIpc) is 2.45. The number of rotatable bonds is 5. The van der Waals surface area contributed by atoms with Crippen molar-refractivity contribution in [2.45, 2.75) is 32.3 Å². The van der Waals surface area contributed by atoms with Gasteiger partial charge in [0.1, 0.15) is 0 Å². The first-order valence-corrected chi connectivity index (χ1v) is 8.05. The van der Waals surface area contributed by atoms with E-state index in [2.05, 4.69) is 20.8 Å². The highest BCUT2D eigenvalue weighted by molar-refractivity contribution is 9.10. The summed E-state index contributed by atoms with van der Waals surface area (Å²) in [6, 6.07) is 7.57. The Bertz CT molecular complexity index is 454. The standard InChI is InChI=1S/C16H22BrNO2/c1-12(19)13-5-8-18(9-6-13)10-7-16(20)14-3-2-4-15(17)11-14/h2-4,11-13,19H,5-10H2,1H3. The van der Waals surface area contributed by atoms with E-state index in [-0.39, 0.29) is 11.9 Å². The smallest absolute Gasteiger partial charge is 0.164 e. The predicted octanol–water partition coefficient (Wildman–Crippen LogP) is 3.11. The van der Waals surface area contributed by atoms with Crippen molar-refractivity contribution >= 4 is 21.7 Å². The van der Waals surface area contributed by atoms with Crippen LogP contribution in [-0.4, -0.2) is 41.5 Å². The molecule has 2 rings (SSSR count). The largest absolute Gasteiger partial charge is 0.393 e. The molecular weight excluding hydrogens is 318 g/mol. The molecule has 1 aliphatic rings. The Morgan fingerprint density at radius 1 is 1.45 bits per heavy atom. The molecule has 1 aromatic rings. The van der Waals surface area contributed by atoms with Crippen LogP contribution in [0.15, 0.2) is 28.7 Å². The molecule has 1 N–H and O–H groups in total. The fraction of sp³-hybridized carbons (Fsp3) is 0.562. The summed E-state index contributed by atoms with van der Waals surface area (Å²) in [6.45, 7) is 4.66. The second kappa shape index (κ2) is 7.34. The summed E-state index contributed by atoms with van der Waals surface area (Å²) in [5.41, 5.74) is 0.776. The van der Waals surface area contributed by atoms with Gasteiger partial charge in [-0.1, -0.05) is 28.1 Å². The summed E-state index contributed by atoms with van der Waals surface area (Å²) in [5.74, 6) is 0.621. The molecule has 4 heteroatoms. The van der Waals surface area contributed by atoms with Crippen molar-refractivity contribution in [2.75, 3.05) is 19.6 Å². The molecule has 1 aliphatic heterocycles. The highest BCUT2D eigenvalue weighted by Crippen LogP contribution is 2.21. The lowest BCUT2D eigenvalue weighted by Gasteiger charge is -2.33. The van der Waals surface area contributed by atoms with Gasteiger partial charge < -0.3 is 10.0 Å². The van der Waals surface area contributed by atoms with Gasteiger partial charge in [0.2, 0.25) is 0 Å². The van der Waals surface area contributed by atoms with Crippen LogP contribution in [0.3, 0.4) is 0 Å². The van der Waals surface area contributed by atoms with Crippen LogP contribution in [-0.2, 0) is 0 Å². The summed E-state index contributed by atoms with van der Waals surface area (Å²) in [7, 11) is 0. The molecule has 1 fully saturated rings. The zero-order chi connectivity index (χ0) is 14.5. The van der Waals surface area contributed by atoms with Crippen molar-refractivity contribution in [3.63, 3.8) is 0 Å². The maximum Gasteiger partial charge on any atom is 0.164 e. The Labute approximate surface area is 129 Å². The SMILES string of the molecule is CC(O)C1CCN(CCC(=O)c2cccc(Br)c2)CC1.